The highest BCUT2D eigenvalue weighted by molar-refractivity contribution is 5.93. The molecular weight excluding hydrogens is 356 g/mol. The molecule has 7 nitrogen and oxygen atoms in total. The number of nitrogens with two attached hydrogens (primary N) is 2. The third-order valence-corrected chi connectivity index (χ3v) is 3.70. The largest absolute Gasteiger partial charge is 0.573 e. The fourth-order valence-corrected chi connectivity index (χ4v) is 2.28. The summed E-state index contributed by atoms with van der Waals surface area (Å²) in [7, 11) is 2.00. The van der Waals surface area contributed by atoms with Crippen LogP contribution in [0.2, 0.25) is 0 Å². The minimum atomic E-state index is -4.98. The molecule has 1 aliphatic heterocycles. The molecule has 2 rings (SSSR count). The number of nitrogens with zero attached hydrogens (tertiary/aromatic N) is 4. The van der Waals surface area contributed by atoms with E-state index < -0.39 is 17.9 Å². The lowest BCUT2D eigenvalue weighted by molar-refractivity contribution is -0.275. The van der Waals surface area contributed by atoms with Gasteiger partial charge in [0.1, 0.15) is 0 Å². The summed E-state index contributed by atoms with van der Waals surface area (Å²) >= 11 is 0. The summed E-state index contributed by atoms with van der Waals surface area (Å²) in [6.07, 6.45) is -4.98. The normalized spacial score (nSPS) is 17.5. The molecule has 1 heterocycles. The van der Waals surface area contributed by atoms with Gasteiger partial charge in [0.25, 0.3) is 0 Å². The van der Waals surface area contributed by atoms with Crippen LogP contribution >= 0.6 is 0 Å². The van der Waals surface area contributed by atoms with Crippen LogP contribution in [-0.4, -0.2) is 61.3 Å². The number of rotatable bonds is 3. The third kappa shape index (κ3) is 6.06. The van der Waals surface area contributed by atoms with Crippen molar-refractivity contribution in [2.45, 2.75) is 12.9 Å². The number of benzene rings is 1. The summed E-state index contributed by atoms with van der Waals surface area (Å²) in [5, 5.41) is 0. The van der Waals surface area contributed by atoms with Crippen LogP contribution in [0.15, 0.2) is 28.2 Å². The molecule has 4 N–H and O–H groups in total. The van der Waals surface area contributed by atoms with Crippen LogP contribution in [0.1, 0.15) is 5.56 Å². The van der Waals surface area contributed by atoms with Crippen molar-refractivity contribution in [1.82, 2.24) is 9.80 Å². The van der Waals surface area contributed by atoms with Crippen molar-refractivity contribution >= 4 is 11.9 Å². The average molecular weight is 376 g/mol. The summed E-state index contributed by atoms with van der Waals surface area (Å²) < 4.78 is 53.7. The van der Waals surface area contributed by atoms with E-state index in [2.05, 4.69) is 19.6 Å². The number of hydrogen-bond acceptors (Lipinski definition) is 3. The Hall–Kier alpha value is -2.56. The molecule has 144 valence electrons. The van der Waals surface area contributed by atoms with E-state index in [0.29, 0.717) is 13.1 Å². The maximum absolute atomic E-state index is 13.4. The van der Waals surface area contributed by atoms with Crippen LogP contribution in [0.5, 0.6) is 5.75 Å². The molecule has 0 bridgehead atoms. The van der Waals surface area contributed by atoms with Gasteiger partial charge < -0.3 is 26.0 Å². The Bertz CT molecular complexity index is 683. The minimum absolute atomic E-state index is 0.0974. The predicted molar refractivity (Wildman–Crippen MR) is 89.1 cm³/mol. The standard InChI is InChI=1S/C15H20F4N6O/c1-24-4-6-25(7-5-24)14(21)23-13(20)22-9-10-2-3-11(16)12(8-10)26-15(17,18)19/h2-3,8H,4-7,9H2,1H3,(H4,20,21,22,23). The average Bonchev–Trinajstić information content (AvgIpc) is 2.55. The van der Waals surface area contributed by atoms with Crippen molar-refractivity contribution in [3.63, 3.8) is 0 Å². The summed E-state index contributed by atoms with van der Waals surface area (Å²) in [5.41, 5.74) is 11.8. The lowest BCUT2D eigenvalue weighted by Crippen LogP contribution is -2.50. The Kier molecular flexibility index (Phi) is 6.24. The SMILES string of the molecule is CN1CCN(C(N)=NC(N)=NCc2ccc(F)c(OC(F)(F)F)c2)CC1. The first-order chi connectivity index (χ1) is 12.1. The van der Waals surface area contributed by atoms with E-state index in [1.807, 2.05) is 11.9 Å². The van der Waals surface area contributed by atoms with Gasteiger partial charge in [-0.15, -0.1) is 13.2 Å². The molecule has 0 atom stereocenters. The van der Waals surface area contributed by atoms with Crippen LogP contribution in [0.3, 0.4) is 0 Å². The summed E-state index contributed by atoms with van der Waals surface area (Å²) in [4.78, 5) is 11.9. The molecule has 1 saturated heterocycles. The number of alkyl halides is 3. The van der Waals surface area contributed by atoms with Crippen LogP contribution in [0, 0.1) is 5.82 Å². The monoisotopic (exact) mass is 376 g/mol. The van der Waals surface area contributed by atoms with Gasteiger partial charge in [-0.05, 0) is 24.7 Å². The summed E-state index contributed by atoms with van der Waals surface area (Å²) in [6, 6.07) is 3.06. The molecule has 11 heteroatoms. The second-order valence-corrected chi connectivity index (χ2v) is 5.75. The Labute approximate surface area is 147 Å². The molecular formula is C15H20F4N6O. The maximum atomic E-state index is 13.4. The highest BCUT2D eigenvalue weighted by Crippen LogP contribution is 2.26. The van der Waals surface area contributed by atoms with Crippen molar-refractivity contribution < 1.29 is 22.3 Å². The van der Waals surface area contributed by atoms with E-state index in [0.717, 1.165) is 25.2 Å². The number of ether oxygens (including phenoxy) is 1. The molecule has 0 aliphatic carbocycles. The van der Waals surface area contributed by atoms with Gasteiger partial charge in [-0.25, -0.2) is 9.38 Å². The number of aliphatic imine (C=N–C) groups is 2. The Morgan fingerprint density at radius 1 is 1.19 bits per heavy atom. The fraction of sp³-hybridized carbons (Fsp3) is 0.467. The van der Waals surface area contributed by atoms with E-state index in [9.17, 15) is 17.6 Å². The van der Waals surface area contributed by atoms with Gasteiger partial charge in [0.05, 0.1) is 6.54 Å². The Morgan fingerprint density at radius 3 is 2.46 bits per heavy atom. The first-order valence-electron chi connectivity index (χ1n) is 7.76. The van der Waals surface area contributed by atoms with Gasteiger partial charge in [-0.2, -0.15) is 4.99 Å². The Morgan fingerprint density at radius 2 is 1.85 bits per heavy atom. The number of piperazine rings is 1. The van der Waals surface area contributed by atoms with Crippen molar-refractivity contribution in [2.24, 2.45) is 21.5 Å². The topological polar surface area (TPSA) is 92.5 Å². The first-order valence-corrected chi connectivity index (χ1v) is 7.76. The molecule has 0 spiro atoms. The van der Waals surface area contributed by atoms with Gasteiger partial charge in [0.15, 0.2) is 17.5 Å². The predicted octanol–water partition coefficient (Wildman–Crippen LogP) is 1.10. The highest BCUT2D eigenvalue weighted by atomic mass is 19.4. The molecule has 1 aliphatic rings. The van der Waals surface area contributed by atoms with Crippen molar-refractivity contribution in [1.29, 1.82) is 0 Å². The van der Waals surface area contributed by atoms with Gasteiger partial charge in [-0.3, -0.25) is 0 Å². The van der Waals surface area contributed by atoms with E-state index in [1.165, 1.54) is 6.07 Å². The Balaban J connectivity index is 2.02. The van der Waals surface area contributed by atoms with Crippen LogP contribution in [0.25, 0.3) is 0 Å². The first kappa shape index (κ1) is 19.8. The summed E-state index contributed by atoms with van der Waals surface area (Å²) in [5.74, 6) is -1.95. The summed E-state index contributed by atoms with van der Waals surface area (Å²) in [6.45, 7) is 2.99. The number of hydrogen-bond donors (Lipinski definition) is 2. The van der Waals surface area contributed by atoms with Gasteiger partial charge in [-0.1, -0.05) is 6.07 Å². The van der Waals surface area contributed by atoms with E-state index in [-0.39, 0.29) is 24.0 Å². The van der Waals surface area contributed by atoms with Crippen molar-refractivity contribution in [3.05, 3.63) is 29.6 Å². The molecule has 1 fully saturated rings. The third-order valence-electron chi connectivity index (χ3n) is 3.70. The minimum Gasteiger partial charge on any atom is -0.403 e. The molecule has 0 saturated carbocycles. The van der Waals surface area contributed by atoms with Crippen LogP contribution in [-0.2, 0) is 6.54 Å². The van der Waals surface area contributed by atoms with E-state index >= 15 is 0 Å². The van der Waals surface area contributed by atoms with E-state index in [4.69, 9.17) is 11.5 Å². The quantitative estimate of drug-likeness (QED) is 0.468. The molecule has 1 aromatic carbocycles. The molecule has 1 aromatic rings. The van der Waals surface area contributed by atoms with E-state index in [1.54, 1.807) is 0 Å². The molecule has 0 aromatic heterocycles. The highest BCUT2D eigenvalue weighted by Gasteiger charge is 2.32. The van der Waals surface area contributed by atoms with Gasteiger partial charge in [0.2, 0.25) is 5.96 Å². The zero-order chi connectivity index (χ0) is 19.3. The second-order valence-electron chi connectivity index (χ2n) is 5.75. The zero-order valence-electron chi connectivity index (χ0n) is 14.1. The lowest BCUT2D eigenvalue weighted by atomic mass is 10.2. The van der Waals surface area contributed by atoms with Crippen LogP contribution in [0.4, 0.5) is 17.6 Å². The number of guanidine groups is 2. The maximum Gasteiger partial charge on any atom is 0.573 e. The molecule has 26 heavy (non-hydrogen) atoms. The number of halogens is 4. The zero-order valence-corrected chi connectivity index (χ0v) is 14.1. The molecule has 0 amide bonds. The van der Waals surface area contributed by atoms with Gasteiger partial charge in [0, 0.05) is 26.2 Å². The second kappa shape index (κ2) is 8.21. The smallest absolute Gasteiger partial charge is 0.403 e. The lowest BCUT2D eigenvalue weighted by Gasteiger charge is -2.32. The van der Waals surface area contributed by atoms with Crippen LogP contribution < -0.4 is 16.2 Å². The number of likely N-dealkylation sites (N-methyl/N-ethyl adjacent to an activating group) is 1. The molecule has 0 radical (unpaired) electrons. The molecule has 0 unspecified atom stereocenters. The van der Waals surface area contributed by atoms with Crippen molar-refractivity contribution in [2.75, 3.05) is 33.2 Å². The van der Waals surface area contributed by atoms with Gasteiger partial charge >= 0.3 is 6.36 Å². The van der Waals surface area contributed by atoms with Crippen molar-refractivity contribution in [3.8, 4) is 5.75 Å². The fourth-order valence-electron chi connectivity index (χ4n) is 2.28.